The second kappa shape index (κ2) is 5.55. The predicted octanol–water partition coefficient (Wildman–Crippen LogP) is 4.57. The van der Waals surface area contributed by atoms with Crippen LogP contribution in [0.1, 0.15) is 24.1 Å². The maximum Gasteiger partial charge on any atom is 0.128 e. The number of rotatable bonds is 3. The lowest BCUT2D eigenvalue weighted by atomic mass is 10.1. The van der Waals surface area contributed by atoms with Crippen molar-refractivity contribution in [3.05, 3.63) is 58.1 Å². The summed E-state index contributed by atoms with van der Waals surface area (Å²) in [7, 11) is 0. The Morgan fingerprint density at radius 1 is 1.11 bits per heavy atom. The summed E-state index contributed by atoms with van der Waals surface area (Å²) in [5.74, 6) is 1.65. The fourth-order valence-electron chi connectivity index (χ4n) is 1.76. The molecule has 1 atom stereocenters. The first-order chi connectivity index (χ1) is 8.56. The van der Waals surface area contributed by atoms with Gasteiger partial charge in [-0.3, -0.25) is 0 Å². The fourth-order valence-corrected chi connectivity index (χ4v) is 2.47. The van der Waals surface area contributed by atoms with Crippen LogP contribution in [-0.2, 0) is 0 Å². The lowest BCUT2D eigenvalue weighted by molar-refractivity contribution is 0.481. The van der Waals surface area contributed by atoms with Crippen molar-refractivity contribution in [1.29, 1.82) is 0 Å². The lowest BCUT2D eigenvalue weighted by Crippen LogP contribution is -2.05. The molecule has 2 rings (SSSR count). The Bertz CT molecular complexity index is 552. The van der Waals surface area contributed by atoms with Gasteiger partial charge in [-0.25, -0.2) is 0 Å². The predicted molar refractivity (Wildman–Crippen MR) is 78.0 cm³/mol. The Labute approximate surface area is 116 Å². The van der Waals surface area contributed by atoms with Crippen molar-refractivity contribution in [3.63, 3.8) is 0 Å². The van der Waals surface area contributed by atoms with E-state index < -0.39 is 0 Å². The molecule has 0 aliphatic rings. The molecule has 0 saturated carbocycles. The molecule has 0 fully saturated rings. The first kappa shape index (κ1) is 13.1. The highest BCUT2D eigenvalue weighted by molar-refractivity contribution is 9.10. The summed E-state index contributed by atoms with van der Waals surface area (Å²) in [5.41, 5.74) is 8.12. The second-order valence-electron chi connectivity index (χ2n) is 4.39. The molecule has 0 aliphatic heterocycles. The van der Waals surface area contributed by atoms with Gasteiger partial charge in [-0.1, -0.05) is 34.1 Å². The standard InChI is InChI=1S/C15H16BrNO/c1-10-4-3-5-12(8-10)18-13-6-7-14(11(2)17)15(16)9-13/h3-9,11H,17H2,1-2H3/t11-/m1/s1. The maximum absolute atomic E-state index is 5.87. The molecular weight excluding hydrogens is 290 g/mol. The Morgan fingerprint density at radius 3 is 2.44 bits per heavy atom. The van der Waals surface area contributed by atoms with Gasteiger partial charge >= 0.3 is 0 Å². The van der Waals surface area contributed by atoms with Crippen molar-refractivity contribution < 1.29 is 4.74 Å². The molecule has 2 aromatic rings. The average molecular weight is 306 g/mol. The highest BCUT2D eigenvalue weighted by Gasteiger charge is 2.06. The quantitative estimate of drug-likeness (QED) is 0.901. The normalized spacial score (nSPS) is 12.2. The molecule has 2 nitrogen and oxygen atoms in total. The van der Waals surface area contributed by atoms with Crippen molar-refractivity contribution in [3.8, 4) is 11.5 Å². The summed E-state index contributed by atoms with van der Waals surface area (Å²) < 4.78 is 6.78. The molecule has 0 amide bonds. The van der Waals surface area contributed by atoms with Gasteiger partial charge in [0.05, 0.1) is 0 Å². The largest absolute Gasteiger partial charge is 0.457 e. The van der Waals surface area contributed by atoms with Crippen LogP contribution >= 0.6 is 15.9 Å². The molecule has 18 heavy (non-hydrogen) atoms. The molecule has 0 aliphatic carbocycles. The van der Waals surface area contributed by atoms with E-state index in [2.05, 4.69) is 15.9 Å². The Morgan fingerprint density at radius 2 is 1.83 bits per heavy atom. The van der Waals surface area contributed by atoms with E-state index in [1.54, 1.807) is 0 Å². The minimum atomic E-state index is 0.00685. The van der Waals surface area contributed by atoms with E-state index in [1.807, 2.05) is 56.3 Å². The van der Waals surface area contributed by atoms with E-state index in [-0.39, 0.29) is 6.04 Å². The fraction of sp³-hybridized carbons (Fsp3) is 0.200. The van der Waals surface area contributed by atoms with Crippen LogP contribution in [0.15, 0.2) is 46.9 Å². The van der Waals surface area contributed by atoms with Crippen molar-refractivity contribution in [2.75, 3.05) is 0 Å². The van der Waals surface area contributed by atoms with Crippen LogP contribution in [0.2, 0.25) is 0 Å². The van der Waals surface area contributed by atoms with Crippen LogP contribution in [0.3, 0.4) is 0 Å². The molecule has 0 heterocycles. The number of hydrogen-bond donors (Lipinski definition) is 1. The number of hydrogen-bond acceptors (Lipinski definition) is 2. The third-order valence-corrected chi connectivity index (χ3v) is 3.37. The molecule has 0 saturated heterocycles. The Balaban J connectivity index is 2.23. The van der Waals surface area contributed by atoms with E-state index in [9.17, 15) is 0 Å². The Hall–Kier alpha value is -1.32. The van der Waals surface area contributed by atoms with Crippen molar-refractivity contribution in [2.45, 2.75) is 19.9 Å². The zero-order valence-corrected chi connectivity index (χ0v) is 12.1. The summed E-state index contributed by atoms with van der Waals surface area (Å²) in [6.07, 6.45) is 0. The number of halogens is 1. The van der Waals surface area contributed by atoms with Crippen LogP contribution in [0, 0.1) is 6.92 Å². The van der Waals surface area contributed by atoms with Crippen molar-refractivity contribution in [2.24, 2.45) is 5.73 Å². The van der Waals surface area contributed by atoms with E-state index in [0.29, 0.717) is 0 Å². The summed E-state index contributed by atoms with van der Waals surface area (Å²) in [4.78, 5) is 0. The molecule has 0 bridgehead atoms. The zero-order chi connectivity index (χ0) is 13.1. The summed E-state index contributed by atoms with van der Waals surface area (Å²) in [5, 5.41) is 0. The van der Waals surface area contributed by atoms with Gasteiger partial charge in [0, 0.05) is 10.5 Å². The summed E-state index contributed by atoms with van der Waals surface area (Å²) in [6, 6.07) is 13.9. The first-order valence-corrected chi connectivity index (χ1v) is 6.65. The van der Waals surface area contributed by atoms with Crippen LogP contribution in [-0.4, -0.2) is 0 Å². The molecule has 3 heteroatoms. The maximum atomic E-state index is 5.87. The van der Waals surface area contributed by atoms with Gasteiger partial charge < -0.3 is 10.5 Å². The van der Waals surface area contributed by atoms with Gasteiger partial charge in [-0.2, -0.15) is 0 Å². The van der Waals surface area contributed by atoms with Gasteiger partial charge in [0.25, 0.3) is 0 Å². The number of aryl methyl sites for hydroxylation is 1. The molecule has 2 aromatic carbocycles. The third kappa shape index (κ3) is 3.12. The molecular formula is C15H16BrNO. The first-order valence-electron chi connectivity index (χ1n) is 5.86. The SMILES string of the molecule is Cc1cccc(Oc2ccc([C@@H](C)N)c(Br)c2)c1. The minimum Gasteiger partial charge on any atom is -0.457 e. The molecule has 94 valence electrons. The van der Waals surface area contributed by atoms with Crippen LogP contribution < -0.4 is 10.5 Å². The average Bonchev–Trinajstić information content (AvgIpc) is 2.28. The lowest BCUT2D eigenvalue weighted by Gasteiger charge is -2.11. The summed E-state index contributed by atoms with van der Waals surface area (Å²) >= 11 is 3.52. The molecule has 2 N–H and O–H groups in total. The highest BCUT2D eigenvalue weighted by Crippen LogP contribution is 2.29. The number of benzene rings is 2. The topological polar surface area (TPSA) is 35.2 Å². The van der Waals surface area contributed by atoms with Gasteiger partial charge in [-0.15, -0.1) is 0 Å². The van der Waals surface area contributed by atoms with E-state index >= 15 is 0 Å². The van der Waals surface area contributed by atoms with Crippen LogP contribution in [0.4, 0.5) is 0 Å². The Kier molecular flexibility index (Phi) is 4.04. The highest BCUT2D eigenvalue weighted by atomic mass is 79.9. The van der Waals surface area contributed by atoms with Crippen molar-refractivity contribution in [1.82, 2.24) is 0 Å². The van der Waals surface area contributed by atoms with Gasteiger partial charge in [0.2, 0.25) is 0 Å². The minimum absolute atomic E-state index is 0.00685. The number of ether oxygens (including phenoxy) is 1. The van der Waals surface area contributed by atoms with Crippen LogP contribution in [0.5, 0.6) is 11.5 Å². The van der Waals surface area contributed by atoms with Gasteiger partial charge in [-0.05, 0) is 49.2 Å². The van der Waals surface area contributed by atoms with Crippen LogP contribution in [0.25, 0.3) is 0 Å². The molecule has 0 aromatic heterocycles. The summed E-state index contributed by atoms with van der Waals surface area (Å²) in [6.45, 7) is 4.00. The van der Waals surface area contributed by atoms with E-state index in [0.717, 1.165) is 21.5 Å². The molecule has 0 radical (unpaired) electrons. The molecule has 0 unspecified atom stereocenters. The molecule has 0 spiro atoms. The van der Waals surface area contributed by atoms with Gasteiger partial charge in [0.1, 0.15) is 11.5 Å². The second-order valence-corrected chi connectivity index (χ2v) is 5.24. The number of nitrogens with two attached hydrogens (primary N) is 1. The monoisotopic (exact) mass is 305 g/mol. The van der Waals surface area contributed by atoms with E-state index in [1.165, 1.54) is 5.56 Å². The smallest absolute Gasteiger partial charge is 0.128 e. The zero-order valence-electron chi connectivity index (χ0n) is 10.5. The van der Waals surface area contributed by atoms with E-state index in [4.69, 9.17) is 10.5 Å². The third-order valence-electron chi connectivity index (χ3n) is 2.69. The van der Waals surface area contributed by atoms with Gasteiger partial charge in [0.15, 0.2) is 0 Å². The van der Waals surface area contributed by atoms with Crippen molar-refractivity contribution >= 4 is 15.9 Å².